The van der Waals surface area contributed by atoms with E-state index in [1.165, 1.54) is 0 Å². The number of nitrogens with zero attached hydrogens (tertiary/aromatic N) is 3. The van der Waals surface area contributed by atoms with Gasteiger partial charge >= 0.3 is 0 Å². The minimum absolute atomic E-state index is 0.0537. The number of benzene rings is 1. The van der Waals surface area contributed by atoms with Gasteiger partial charge in [0.1, 0.15) is 6.54 Å². The predicted molar refractivity (Wildman–Crippen MR) is 78.5 cm³/mol. The third kappa shape index (κ3) is 2.42. The molecule has 0 atom stereocenters. The molecule has 0 saturated heterocycles. The summed E-state index contributed by atoms with van der Waals surface area (Å²) in [6.07, 6.45) is 5.42. The Balaban J connectivity index is 1.72. The van der Waals surface area contributed by atoms with Crippen LogP contribution in [0.25, 0.3) is 10.9 Å². The Bertz CT molecular complexity index is 741. The number of amides is 1. The molecule has 0 saturated carbocycles. The number of aromatic nitrogens is 3. The highest BCUT2D eigenvalue weighted by Crippen LogP contribution is 2.15. The smallest absolute Gasteiger partial charge is 0.244 e. The van der Waals surface area contributed by atoms with Crippen molar-refractivity contribution >= 4 is 22.5 Å². The quantitative estimate of drug-likeness (QED) is 0.790. The predicted octanol–water partition coefficient (Wildman–Crippen LogP) is 2.50. The van der Waals surface area contributed by atoms with E-state index >= 15 is 0 Å². The fourth-order valence-electron chi connectivity index (χ4n) is 2.23. The van der Waals surface area contributed by atoms with Gasteiger partial charge in [-0.1, -0.05) is 18.2 Å². The van der Waals surface area contributed by atoms with Crippen LogP contribution in [0.4, 0.5) is 5.69 Å². The maximum Gasteiger partial charge on any atom is 0.244 e. The van der Waals surface area contributed by atoms with Crippen LogP contribution in [-0.2, 0) is 17.9 Å². The Morgan fingerprint density at radius 3 is 2.95 bits per heavy atom. The van der Waals surface area contributed by atoms with Crippen molar-refractivity contribution in [1.29, 1.82) is 0 Å². The average molecular weight is 268 g/mol. The molecule has 1 aromatic carbocycles. The van der Waals surface area contributed by atoms with E-state index in [4.69, 9.17) is 0 Å². The average Bonchev–Trinajstić information content (AvgIpc) is 3.06. The second-order valence-corrected chi connectivity index (χ2v) is 4.64. The standard InChI is InChI=1S/C15H16N4O/c1-2-19-10-13(9-16-19)17-15(20)11-18-8-7-12-5-3-4-6-14(12)18/h3-10H,2,11H2,1H3,(H,17,20). The number of hydrogen-bond donors (Lipinski definition) is 1. The van der Waals surface area contributed by atoms with Crippen LogP contribution in [0.1, 0.15) is 6.92 Å². The largest absolute Gasteiger partial charge is 0.338 e. The number of nitrogens with one attached hydrogen (secondary N) is 1. The number of fused-ring (bicyclic) bond motifs is 1. The summed E-state index contributed by atoms with van der Waals surface area (Å²) in [6, 6.07) is 10.0. The number of rotatable bonds is 4. The summed E-state index contributed by atoms with van der Waals surface area (Å²) >= 11 is 0. The van der Waals surface area contributed by atoms with E-state index in [0.717, 1.165) is 23.1 Å². The molecule has 0 unspecified atom stereocenters. The third-order valence-electron chi connectivity index (χ3n) is 3.24. The summed E-state index contributed by atoms with van der Waals surface area (Å²) in [5.41, 5.74) is 1.79. The molecule has 102 valence electrons. The number of aryl methyl sites for hydroxylation is 1. The minimum atomic E-state index is -0.0537. The maximum absolute atomic E-state index is 12.1. The molecular weight excluding hydrogens is 252 g/mol. The van der Waals surface area contributed by atoms with Crippen LogP contribution in [0.3, 0.4) is 0 Å². The van der Waals surface area contributed by atoms with Gasteiger partial charge in [0.25, 0.3) is 0 Å². The Morgan fingerprint density at radius 2 is 2.15 bits per heavy atom. The molecule has 3 aromatic rings. The van der Waals surface area contributed by atoms with E-state index < -0.39 is 0 Å². The first-order valence-electron chi connectivity index (χ1n) is 6.62. The van der Waals surface area contributed by atoms with Crippen LogP contribution >= 0.6 is 0 Å². The summed E-state index contributed by atoms with van der Waals surface area (Å²) in [5, 5.41) is 8.12. The normalized spacial score (nSPS) is 10.8. The Hall–Kier alpha value is -2.56. The molecule has 0 fully saturated rings. The summed E-state index contributed by atoms with van der Waals surface area (Å²) in [4.78, 5) is 12.1. The van der Waals surface area contributed by atoms with Gasteiger partial charge in [0, 0.05) is 24.5 Å². The van der Waals surface area contributed by atoms with Crippen LogP contribution < -0.4 is 5.32 Å². The molecule has 0 aliphatic carbocycles. The van der Waals surface area contributed by atoms with Crippen LogP contribution in [-0.4, -0.2) is 20.3 Å². The molecule has 20 heavy (non-hydrogen) atoms. The van der Waals surface area contributed by atoms with Crippen LogP contribution in [0.15, 0.2) is 48.9 Å². The molecule has 5 heteroatoms. The van der Waals surface area contributed by atoms with E-state index in [-0.39, 0.29) is 5.91 Å². The molecule has 1 N–H and O–H groups in total. The molecule has 0 aliphatic rings. The second kappa shape index (κ2) is 5.21. The lowest BCUT2D eigenvalue weighted by Gasteiger charge is -2.05. The first-order chi connectivity index (χ1) is 9.76. The molecule has 3 rings (SSSR count). The molecule has 1 amide bonds. The number of para-hydroxylation sites is 1. The Kier molecular flexibility index (Phi) is 3.25. The van der Waals surface area contributed by atoms with Crippen LogP contribution in [0.2, 0.25) is 0 Å². The number of carbonyl (C=O) groups is 1. The molecule has 2 aromatic heterocycles. The van der Waals surface area contributed by atoms with Crippen molar-refractivity contribution in [2.75, 3.05) is 5.32 Å². The van der Waals surface area contributed by atoms with Crippen molar-refractivity contribution < 1.29 is 4.79 Å². The molecule has 5 nitrogen and oxygen atoms in total. The number of anilines is 1. The van der Waals surface area contributed by atoms with Crippen LogP contribution in [0.5, 0.6) is 0 Å². The molecule has 2 heterocycles. The number of hydrogen-bond acceptors (Lipinski definition) is 2. The van der Waals surface area contributed by atoms with Gasteiger partial charge in [0.05, 0.1) is 11.9 Å². The van der Waals surface area contributed by atoms with Crippen molar-refractivity contribution in [2.45, 2.75) is 20.0 Å². The Morgan fingerprint density at radius 1 is 1.30 bits per heavy atom. The minimum Gasteiger partial charge on any atom is -0.338 e. The van der Waals surface area contributed by atoms with Gasteiger partial charge in [-0.15, -0.1) is 0 Å². The summed E-state index contributed by atoms with van der Waals surface area (Å²) in [6.45, 7) is 3.09. The topological polar surface area (TPSA) is 51.9 Å². The van der Waals surface area contributed by atoms with Gasteiger partial charge in [-0.25, -0.2) is 0 Å². The summed E-state index contributed by atoms with van der Waals surface area (Å²) in [7, 11) is 0. The molecular formula is C15H16N4O. The number of carbonyl (C=O) groups excluding carboxylic acids is 1. The van der Waals surface area contributed by atoms with Crippen molar-refractivity contribution in [2.24, 2.45) is 0 Å². The van der Waals surface area contributed by atoms with Gasteiger partial charge in [-0.2, -0.15) is 5.10 Å². The summed E-state index contributed by atoms with van der Waals surface area (Å²) < 4.78 is 3.72. The Labute approximate surface area is 116 Å². The first-order valence-corrected chi connectivity index (χ1v) is 6.62. The van der Waals surface area contributed by atoms with Crippen molar-refractivity contribution in [3.63, 3.8) is 0 Å². The zero-order chi connectivity index (χ0) is 13.9. The van der Waals surface area contributed by atoms with Gasteiger partial charge in [0.15, 0.2) is 0 Å². The summed E-state index contributed by atoms with van der Waals surface area (Å²) in [5.74, 6) is -0.0537. The SMILES string of the molecule is CCn1cc(NC(=O)Cn2ccc3ccccc32)cn1. The van der Waals surface area contributed by atoms with Gasteiger partial charge < -0.3 is 9.88 Å². The van der Waals surface area contributed by atoms with Crippen molar-refractivity contribution in [1.82, 2.24) is 14.3 Å². The lowest BCUT2D eigenvalue weighted by Crippen LogP contribution is -2.17. The highest BCUT2D eigenvalue weighted by molar-refractivity contribution is 5.91. The van der Waals surface area contributed by atoms with E-state index in [2.05, 4.69) is 10.4 Å². The van der Waals surface area contributed by atoms with E-state index in [0.29, 0.717) is 6.54 Å². The van der Waals surface area contributed by atoms with Gasteiger partial charge in [-0.3, -0.25) is 9.48 Å². The zero-order valence-corrected chi connectivity index (χ0v) is 11.3. The highest BCUT2D eigenvalue weighted by Gasteiger charge is 2.07. The van der Waals surface area contributed by atoms with Crippen molar-refractivity contribution in [3.05, 3.63) is 48.9 Å². The van der Waals surface area contributed by atoms with E-state index in [9.17, 15) is 4.79 Å². The van der Waals surface area contributed by atoms with Crippen LogP contribution in [0, 0.1) is 0 Å². The third-order valence-corrected chi connectivity index (χ3v) is 3.24. The lowest BCUT2D eigenvalue weighted by atomic mass is 10.2. The van der Waals surface area contributed by atoms with Gasteiger partial charge in [-0.05, 0) is 24.4 Å². The molecule has 0 spiro atoms. The lowest BCUT2D eigenvalue weighted by molar-refractivity contribution is -0.116. The molecule has 0 aliphatic heterocycles. The molecule has 0 radical (unpaired) electrons. The fourth-order valence-corrected chi connectivity index (χ4v) is 2.23. The second-order valence-electron chi connectivity index (χ2n) is 4.64. The van der Waals surface area contributed by atoms with E-state index in [1.807, 2.05) is 54.2 Å². The van der Waals surface area contributed by atoms with Crippen molar-refractivity contribution in [3.8, 4) is 0 Å². The monoisotopic (exact) mass is 268 g/mol. The maximum atomic E-state index is 12.1. The zero-order valence-electron chi connectivity index (χ0n) is 11.3. The fraction of sp³-hybridized carbons (Fsp3) is 0.200. The highest BCUT2D eigenvalue weighted by atomic mass is 16.1. The van der Waals surface area contributed by atoms with Gasteiger partial charge in [0.2, 0.25) is 5.91 Å². The first kappa shape index (κ1) is 12.5. The van der Waals surface area contributed by atoms with E-state index in [1.54, 1.807) is 10.9 Å². The molecule has 0 bridgehead atoms.